The third-order valence-electron chi connectivity index (χ3n) is 9.52. The Morgan fingerprint density at radius 1 is 0.447 bits per heavy atom. The number of aromatic nitrogens is 2. The Morgan fingerprint density at radius 3 is 1.40 bits per heavy atom. The van der Waals surface area contributed by atoms with Crippen molar-refractivity contribution >= 4 is 43.6 Å². The van der Waals surface area contributed by atoms with Gasteiger partial charge in [0.15, 0.2) is 0 Å². The van der Waals surface area contributed by atoms with Crippen molar-refractivity contribution in [2.75, 3.05) is 0 Å². The molecule has 0 spiro atoms. The van der Waals surface area contributed by atoms with Gasteiger partial charge < -0.3 is 9.13 Å². The van der Waals surface area contributed by atoms with Gasteiger partial charge in [0.05, 0.1) is 33.3 Å². The summed E-state index contributed by atoms with van der Waals surface area (Å²) in [5.74, 6) is 0. The van der Waals surface area contributed by atoms with Gasteiger partial charge >= 0.3 is 0 Å². The molecule has 9 rings (SSSR count). The van der Waals surface area contributed by atoms with Crippen LogP contribution < -0.4 is 0 Å². The van der Waals surface area contributed by atoms with Gasteiger partial charge in [-0.2, -0.15) is 5.26 Å². The second kappa shape index (κ2) is 10.6. The number of hydrogen-bond acceptors (Lipinski definition) is 1. The molecule has 3 nitrogen and oxygen atoms in total. The molecule has 0 amide bonds. The standard InChI is InChI=1S/C44H29N3/c1-29-27-33(46-40-17-6-2-12-36(40)37-13-3-7-18-41(37)46)25-26-34(29)30-21-23-31(24-22-30)35-16-10-11-32(28-45)44(35)47-42-19-8-4-14-38(42)39-15-5-9-20-43(39)47/h2-27H,1H3. The first-order valence-corrected chi connectivity index (χ1v) is 15.9. The highest BCUT2D eigenvalue weighted by Crippen LogP contribution is 2.39. The first-order chi connectivity index (χ1) is 23.2. The summed E-state index contributed by atoms with van der Waals surface area (Å²) in [6.07, 6.45) is 0. The van der Waals surface area contributed by atoms with E-state index in [0.29, 0.717) is 5.56 Å². The fourth-order valence-electron chi connectivity index (χ4n) is 7.41. The topological polar surface area (TPSA) is 33.6 Å². The Bertz CT molecular complexity index is 2590. The maximum atomic E-state index is 10.3. The summed E-state index contributed by atoms with van der Waals surface area (Å²) >= 11 is 0. The van der Waals surface area contributed by atoms with Crippen molar-refractivity contribution in [3.63, 3.8) is 0 Å². The van der Waals surface area contributed by atoms with E-state index in [1.165, 1.54) is 43.7 Å². The van der Waals surface area contributed by atoms with Crippen molar-refractivity contribution in [3.05, 3.63) is 169 Å². The Kier molecular flexibility index (Phi) is 6.10. The molecule has 2 aromatic heterocycles. The molecule has 0 saturated carbocycles. The Labute approximate surface area is 272 Å². The average molecular weight is 600 g/mol. The van der Waals surface area contributed by atoms with Gasteiger partial charge in [-0.3, -0.25) is 0 Å². The summed E-state index contributed by atoms with van der Waals surface area (Å²) in [5.41, 5.74) is 13.0. The quantitative estimate of drug-likeness (QED) is 0.198. The van der Waals surface area contributed by atoms with Crippen LogP contribution in [0, 0.1) is 18.3 Å². The van der Waals surface area contributed by atoms with E-state index in [-0.39, 0.29) is 0 Å². The van der Waals surface area contributed by atoms with E-state index in [2.05, 4.69) is 168 Å². The number of hydrogen-bond donors (Lipinski definition) is 0. The Hall–Kier alpha value is -6.37. The van der Waals surface area contributed by atoms with Gasteiger partial charge in [0, 0.05) is 32.8 Å². The molecule has 2 heterocycles. The molecule has 0 aliphatic heterocycles. The summed E-state index contributed by atoms with van der Waals surface area (Å²) in [6, 6.07) is 58.2. The summed E-state index contributed by atoms with van der Waals surface area (Å²) in [7, 11) is 0. The highest BCUT2D eigenvalue weighted by atomic mass is 15.0. The average Bonchev–Trinajstić information content (AvgIpc) is 3.64. The van der Waals surface area contributed by atoms with Crippen LogP contribution in [0.25, 0.3) is 77.2 Å². The van der Waals surface area contributed by atoms with Gasteiger partial charge in [0.25, 0.3) is 0 Å². The lowest BCUT2D eigenvalue weighted by atomic mass is 9.95. The van der Waals surface area contributed by atoms with Gasteiger partial charge in [-0.1, -0.05) is 115 Å². The van der Waals surface area contributed by atoms with E-state index >= 15 is 0 Å². The number of nitriles is 1. The predicted molar refractivity (Wildman–Crippen MR) is 195 cm³/mol. The monoisotopic (exact) mass is 599 g/mol. The zero-order valence-corrected chi connectivity index (χ0v) is 25.9. The van der Waals surface area contributed by atoms with Crippen molar-refractivity contribution in [1.29, 1.82) is 5.26 Å². The second-order valence-corrected chi connectivity index (χ2v) is 12.1. The fourth-order valence-corrected chi connectivity index (χ4v) is 7.41. The first-order valence-electron chi connectivity index (χ1n) is 15.9. The van der Waals surface area contributed by atoms with Gasteiger partial charge in [-0.15, -0.1) is 0 Å². The Balaban J connectivity index is 1.15. The molecule has 7 aromatic carbocycles. The number of benzene rings is 7. The molecular weight excluding hydrogens is 571 g/mol. The molecule has 0 radical (unpaired) electrons. The minimum Gasteiger partial charge on any atom is -0.309 e. The van der Waals surface area contributed by atoms with Gasteiger partial charge in [0.2, 0.25) is 0 Å². The van der Waals surface area contributed by atoms with E-state index in [9.17, 15) is 5.26 Å². The summed E-state index contributed by atoms with van der Waals surface area (Å²) < 4.78 is 4.62. The van der Waals surface area contributed by atoms with Crippen molar-refractivity contribution in [2.24, 2.45) is 0 Å². The third-order valence-corrected chi connectivity index (χ3v) is 9.52. The summed E-state index contributed by atoms with van der Waals surface area (Å²) in [4.78, 5) is 0. The van der Waals surface area contributed by atoms with Crippen LogP contribution in [-0.4, -0.2) is 9.13 Å². The van der Waals surface area contributed by atoms with Crippen molar-refractivity contribution in [3.8, 4) is 39.7 Å². The molecule has 0 fully saturated rings. The molecule has 47 heavy (non-hydrogen) atoms. The number of rotatable bonds is 4. The molecule has 0 bridgehead atoms. The van der Waals surface area contributed by atoms with Crippen LogP contribution >= 0.6 is 0 Å². The van der Waals surface area contributed by atoms with Crippen molar-refractivity contribution in [2.45, 2.75) is 6.92 Å². The molecule has 0 atom stereocenters. The maximum absolute atomic E-state index is 10.3. The number of para-hydroxylation sites is 5. The van der Waals surface area contributed by atoms with Crippen molar-refractivity contribution in [1.82, 2.24) is 9.13 Å². The molecule has 0 N–H and O–H groups in total. The highest BCUT2D eigenvalue weighted by Gasteiger charge is 2.19. The third kappa shape index (κ3) is 4.13. The van der Waals surface area contributed by atoms with Crippen molar-refractivity contribution < 1.29 is 0 Å². The highest BCUT2D eigenvalue weighted by molar-refractivity contribution is 6.10. The van der Waals surface area contributed by atoms with Gasteiger partial charge in [-0.05, 0) is 71.6 Å². The molecule has 0 saturated heterocycles. The van der Waals surface area contributed by atoms with Crippen LogP contribution in [0.4, 0.5) is 0 Å². The Morgan fingerprint density at radius 2 is 0.915 bits per heavy atom. The van der Waals surface area contributed by atoms with Crippen LogP contribution in [0.5, 0.6) is 0 Å². The lowest BCUT2D eigenvalue weighted by molar-refractivity contribution is 1.17. The van der Waals surface area contributed by atoms with Gasteiger partial charge in [-0.25, -0.2) is 0 Å². The van der Waals surface area contributed by atoms with Crippen LogP contribution in [0.2, 0.25) is 0 Å². The van der Waals surface area contributed by atoms with Crippen LogP contribution in [0.15, 0.2) is 158 Å². The first kappa shape index (κ1) is 27.0. The summed E-state index contributed by atoms with van der Waals surface area (Å²) in [5, 5.41) is 15.2. The fraction of sp³-hybridized carbons (Fsp3) is 0.0227. The molecule has 0 aliphatic rings. The largest absolute Gasteiger partial charge is 0.309 e. The van der Waals surface area contributed by atoms with Crippen LogP contribution in [0.3, 0.4) is 0 Å². The number of aryl methyl sites for hydroxylation is 1. The minimum atomic E-state index is 0.648. The van der Waals surface area contributed by atoms with Crippen LogP contribution in [0.1, 0.15) is 11.1 Å². The normalized spacial score (nSPS) is 11.5. The minimum absolute atomic E-state index is 0.648. The number of fused-ring (bicyclic) bond motifs is 6. The molecule has 0 aliphatic carbocycles. The maximum Gasteiger partial charge on any atom is 0.101 e. The summed E-state index contributed by atoms with van der Waals surface area (Å²) in [6.45, 7) is 2.19. The zero-order valence-electron chi connectivity index (χ0n) is 25.9. The lowest BCUT2D eigenvalue weighted by Gasteiger charge is -2.16. The van der Waals surface area contributed by atoms with E-state index < -0.39 is 0 Å². The number of nitrogens with zero attached hydrogens (tertiary/aromatic N) is 3. The zero-order chi connectivity index (χ0) is 31.5. The van der Waals surface area contributed by atoms with E-state index in [1.807, 2.05) is 12.1 Å². The predicted octanol–water partition coefficient (Wildman–Crippen LogP) is 11.4. The SMILES string of the molecule is Cc1cc(-n2c3ccccc3c3ccccc32)ccc1-c1ccc(-c2cccc(C#N)c2-n2c3ccccc3c3ccccc32)cc1. The van der Waals surface area contributed by atoms with Gasteiger partial charge in [0.1, 0.15) is 6.07 Å². The van der Waals surface area contributed by atoms with E-state index in [1.54, 1.807) is 0 Å². The smallest absolute Gasteiger partial charge is 0.101 e. The molecule has 9 aromatic rings. The van der Waals surface area contributed by atoms with Crippen LogP contribution in [-0.2, 0) is 0 Å². The lowest BCUT2D eigenvalue weighted by Crippen LogP contribution is -2.00. The molecule has 220 valence electrons. The second-order valence-electron chi connectivity index (χ2n) is 12.1. The molecule has 3 heteroatoms. The molecular formula is C44H29N3. The van der Waals surface area contributed by atoms with E-state index in [4.69, 9.17) is 0 Å². The molecule has 0 unspecified atom stereocenters. The van der Waals surface area contributed by atoms with E-state index in [0.717, 1.165) is 39.1 Å².